The third-order valence-electron chi connectivity index (χ3n) is 6.50. The van der Waals surface area contributed by atoms with Gasteiger partial charge in [0.05, 0.1) is 7.11 Å². The molecule has 2 aliphatic rings. The fraction of sp³-hybridized carbons (Fsp3) is 0.571. The minimum absolute atomic E-state index is 0.192. The largest absolute Gasteiger partial charge is 0.504 e. The zero-order valence-electron chi connectivity index (χ0n) is 15.8. The van der Waals surface area contributed by atoms with Crippen molar-refractivity contribution in [3.8, 4) is 11.5 Å². The molecule has 0 bridgehead atoms. The van der Waals surface area contributed by atoms with Crippen LogP contribution >= 0.6 is 15.9 Å². The first kappa shape index (κ1) is 19.4. The van der Waals surface area contributed by atoms with Gasteiger partial charge in [-0.05, 0) is 50.8 Å². The van der Waals surface area contributed by atoms with E-state index in [4.69, 9.17) is 4.74 Å². The van der Waals surface area contributed by atoms with Gasteiger partial charge in [0.1, 0.15) is 5.78 Å². The van der Waals surface area contributed by atoms with E-state index in [1.807, 2.05) is 13.0 Å². The standard InChI is InChI=1S/C21H28BrNO3/c1-5-9-23-10-8-21(12-15(24)6-7-16(21)14(23)3)19-13(2)17(22)11-18(26-4)20(19)25/h5,11,14,16,25H,1,6-10,12H2,2-4H3/t14?,16?,21-/m1/s1. The Bertz CT molecular complexity index is 732. The van der Waals surface area contributed by atoms with Crippen LogP contribution in [-0.2, 0) is 10.2 Å². The van der Waals surface area contributed by atoms with E-state index in [0.29, 0.717) is 36.3 Å². The second kappa shape index (κ2) is 7.35. The number of fused-ring (bicyclic) bond motifs is 1. The van der Waals surface area contributed by atoms with Gasteiger partial charge in [-0.2, -0.15) is 0 Å². The average molecular weight is 422 g/mol. The van der Waals surface area contributed by atoms with Crippen LogP contribution in [0.1, 0.15) is 43.7 Å². The molecule has 3 rings (SSSR count). The van der Waals surface area contributed by atoms with Crippen LogP contribution in [0.15, 0.2) is 23.2 Å². The molecule has 2 unspecified atom stereocenters. The number of phenols is 1. The molecule has 1 aliphatic carbocycles. The number of rotatable bonds is 4. The molecule has 0 radical (unpaired) electrons. The number of piperidine rings is 1. The summed E-state index contributed by atoms with van der Waals surface area (Å²) in [4.78, 5) is 15.0. The number of aromatic hydroxyl groups is 1. The summed E-state index contributed by atoms with van der Waals surface area (Å²) >= 11 is 3.62. The summed E-state index contributed by atoms with van der Waals surface area (Å²) in [5, 5.41) is 11.0. The van der Waals surface area contributed by atoms with Crippen LogP contribution in [0.5, 0.6) is 11.5 Å². The van der Waals surface area contributed by atoms with Crippen molar-refractivity contribution in [2.24, 2.45) is 5.92 Å². The number of carbonyl (C=O) groups is 1. The highest BCUT2D eigenvalue weighted by molar-refractivity contribution is 9.10. The molecule has 2 fully saturated rings. The Hall–Kier alpha value is -1.33. The summed E-state index contributed by atoms with van der Waals surface area (Å²) < 4.78 is 6.32. The Morgan fingerprint density at radius 2 is 2.27 bits per heavy atom. The molecule has 4 nitrogen and oxygen atoms in total. The van der Waals surface area contributed by atoms with Crippen molar-refractivity contribution in [2.75, 3.05) is 20.2 Å². The van der Waals surface area contributed by atoms with Crippen LogP contribution in [0.3, 0.4) is 0 Å². The molecule has 1 aromatic rings. The molecule has 142 valence electrons. The summed E-state index contributed by atoms with van der Waals surface area (Å²) in [6.07, 6.45) is 4.79. The maximum atomic E-state index is 12.5. The van der Waals surface area contributed by atoms with Crippen LogP contribution in [0.25, 0.3) is 0 Å². The van der Waals surface area contributed by atoms with Gasteiger partial charge < -0.3 is 9.84 Å². The van der Waals surface area contributed by atoms with Gasteiger partial charge in [0.15, 0.2) is 11.5 Å². The summed E-state index contributed by atoms with van der Waals surface area (Å²) in [6, 6.07) is 2.14. The average Bonchev–Trinajstić information content (AvgIpc) is 2.61. The highest BCUT2D eigenvalue weighted by atomic mass is 79.9. The van der Waals surface area contributed by atoms with E-state index in [0.717, 1.165) is 41.5 Å². The minimum atomic E-state index is -0.336. The van der Waals surface area contributed by atoms with Crippen molar-refractivity contribution in [2.45, 2.75) is 51.0 Å². The lowest BCUT2D eigenvalue weighted by Gasteiger charge is -2.54. The molecule has 1 aromatic carbocycles. The Morgan fingerprint density at radius 1 is 1.54 bits per heavy atom. The van der Waals surface area contributed by atoms with E-state index in [1.54, 1.807) is 13.2 Å². The van der Waals surface area contributed by atoms with Crippen molar-refractivity contribution in [1.82, 2.24) is 4.90 Å². The van der Waals surface area contributed by atoms with Gasteiger partial charge in [-0.3, -0.25) is 9.69 Å². The normalized spacial score (nSPS) is 29.3. The second-order valence-electron chi connectivity index (χ2n) is 7.70. The van der Waals surface area contributed by atoms with Crippen LogP contribution in [0.2, 0.25) is 0 Å². The first-order valence-corrected chi connectivity index (χ1v) is 10.1. The number of phenolic OH excluding ortho intramolecular Hbond substituents is 1. The Kier molecular flexibility index (Phi) is 5.50. The van der Waals surface area contributed by atoms with Gasteiger partial charge in [0.25, 0.3) is 0 Å². The number of nitrogens with zero attached hydrogens (tertiary/aromatic N) is 1. The van der Waals surface area contributed by atoms with Crippen molar-refractivity contribution in [3.63, 3.8) is 0 Å². The fourth-order valence-corrected chi connectivity index (χ4v) is 5.65. The van der Waals surface area contributed by atoms with Gasteiger partial charge in [0.2, 0.25) is 0 Å². The number of ether oxygens (including phenoxy) is 1. The molecule has 0 aromatic heterocycles. The summed E-state index contributed by atoms with van der Waals surface area (Å²) in [5.74, 6) is 1.27. The topological polar surface area (TPSA) is 49.8 Å². The summed E-state index contributed by atoms with van der Waals surface area (Å²) in [7, 11) is 1.57. The third-order valence-corrected chi connectivity index (χ3v) is 7.33. The van der Waals surface area contributed by atoms with E-state index in [1.165, 1.54) is 0 Å². The van der Waals surface area contributed by atoms with Crippen molar-refractivity contribution in [1.29, 1.82) is 0 Å². The van der Waals surface area contributed by atoms with Gasteiger partial charge >= 0.3 is 0 Å². The molecular formula is C21H28BrNO3. The van der Waals surface area contributed by atoms with Crippen LogP contribution < -0.4 is 4.74 Å². The lowest BCUT2D eigenvalue weighted by Crippen LogP contribution is -2.57. The number of benzene rings is 1. The van der Waals surface area contributed by atoms with Gasteiger partial charge in [-0.15, -0.1) is 6.58 Å². The molecule has 0 spiro atoms. The number of carbonyl (C=O) groups excluding carboxylic acids is 1. The number of methoxy groups -OCH3 is 1. The molecule has 1 aliphatic heterocycles. The summed E-state index contributed by atoms with van der Waals surface area (Å²) in [5.41, 5.74) is 1.57. The molecule has 1 N–H and O–H groups in total. The number of ketones is 1. The predicted octanol–water partition coefficient (Wildman–Crippen LogP) is 4.36. The molecule has 1 saturated heterocycles. The smallest absolute Gasteiger partial charge is 0.161 e. The lowest BCUT2D eigenvalue weighted by atomic mass is 9.55. The second-order valence-corrected chi connectivity index (χ2v) is 8.55. The highest BCUT2D eigenvalue weighted by Gasteiger charge is 2.52. The SMILES string of the molecule is C=CCN1CC[C@@]2(c3c(C)c(Br)cc(OC)c3O)CC(=O)CCC2C1C. The van der Waals surface area contributed by atoms with Crippen molar-refractivity contribution < 1.29 is 14.6 Å². The minimum Gasteiger partial charge on any atom is -0.504 e. The quantitative estimate of drug-likeness (QED) is 0.733. The zero-order chi connectivity index (χ0) is 19.1. The number of Topliss-reactive ketones (excluding diaryl/α,β-unsaturated/α-hetero) is 1. The maximum Gasteiger partial charge on any atom is 0.161 e. The maximum absolute atomic E-state index is 12.5. The molecule has 1 heterocycles. The van der Waals surface area contributed by atoms with E-state index in [-0.39, 0.29) is 11.2 Å². The van der Waals surface area contributed by atoms with Gasteiger partial charge in [-0.1, -0.05) is 22.0 Å². The van der Waals surface area contributed by atoms with Gasteiger partial charge in [-0.25, -0.2) is 0 Å². The monoisotopic (exact) mass is 421 g/mol. The molecule has 26 heavy (non-hydrogen) atoms. The fourth-order valence-electron chi connectivity index (χ4n) is 5.24. The third kappa shape index (κ3) is 2.99. The van der Waals surface area contributed by atoms with Gasteiger partial charge in [0, 0.05) is 40.9 Å². The molecule has 3 atom stereocenters. The predicted molar refractivity (Wildman–Crippen MR) is 107 cm³/mol. The molecule has 1 saturated carbocycles. The lowest BCUT2D eigenvalue weighted by molar-refractivity contribution is -0.126. The number of halogens is 1. The van der Waals surface area contributed by atoms with Crippen LogP contribution in [0, 0.1) is 12.8 Å². The first-order valence-electron chi connectivity index (χ1n) is 9.29. The highest BCUT2D eigenvalue weighted by Crippen LogP contribution is 2.55. The molecule has 0 amide bonds. The van der Waals surface area contributed by atoms with E-state index >= 15 is 0 Å². The molecule has 5 heteroatoms. The zero-order valence-corrected chi connectivity index (χ0v) is 17.4. The Balaban J connectivity index is 2.18. The Labute approximate surface area is 164 Å². The van der Waals surface area contributed by atoms with Crippen molar-refractivity contribution in [3.05, 3.63) is 34.3 Å². The first-order chi connectivity index (χ1) is 12.4. The Morgan fingerprint density at radius 3 is 2.92 bits per heavy atom. The van der Waals surface area contributed by atoms with Crippen LogP contribution in [-0.4, -0.2) is 42.0 Å². The number of likely N-dealkylation sites (tertiary alicyclic amines) is 1. The molecular weight excluding hydrogens is 394 g/mol. The van der Waals surface area contributed by atoms with E-state index < -0.39 is 0 Å². The van der Waals surface area contributed by atoms with Crippen molar-refractivity contribution >= 4 is 21.7 Å². The van der Waals surface area contributed by atoms with E-state index in [9.17, 15) is 9.90 Å². The number of hydrogen-bond acceptors (Lipinski definition) is 4. The summed E-state index contributed by atoms with van der Waals surface area (Å²) in [6.45, 7) is 9.90. The van der Waals surface area contributed by atoms with Crippen LogP contribution in [0.4, 0.5) is 0 Å². The number of hydrogen-bond donors (Lipinski definition) is 1. The van der Waals surface area contributed by atoms with E-state index in [2.05, 4.69) is 34.3 Å².